The summed E-state index contributed by atoms with van der Waals surface area (Å²) in [6, 6.07) is 0. The third kappa shape index (κ3) is 2.94. The topological polar surface area (TPSA) is 52.6 Å². The average molecular weight is 216 g/mol. The molecule has 0 saturated heterocycles. The highest BCUT2D eigenvalue weighted by Crippen LogP contribution is 2.29. The van der Waals surface area contributed by atoms with Gasteiger partial charge in [-0.2, -0.15) is 0 Å². The molecule has 0 aromatic carbocycles. The second-order valence-electron chi connectivity index (χ2n) is 3.23. The third-order valence-corrected chi connectivity index (χ3v) is 2.54. The van der Waals surface area contributed by atoms with E-state index >= 15 is 0 Å². The summed E-state index contributed by atoms with van der Waals surface area (Å²) < 4.78 is 9.83. The zero-order chi connectivity index (χ0) is 11.9. The fourth-order valence-corrected chi connectivity index (χ4v) is 1.45. The summed E-state index contributed by atoms with van der Waals surface area (Å²) in [6.07, 6.45) is 0.808. The maximum atomic E-state index is 11.7. The van der Waals surface area contributed by atoms with Crippen molar-refractivity contribution in [2.24, 2.45) is 5.41 Å². The first-order chi connectivity index (χ1) is 7.08. The number of carbonyl (C=O) groups is 2. The van der Waals surface area contributed by atoms with Crippen molar-refractivity contribution >= 4 is 11.9 Å². The molecule has 0 N–H and O–H groups in total. The SMILES string of the molecule is CCOC(=O)C(CC)(CC)C(=O)OCC. The lowest BCUT2D eigenvalue weighted by Gasteiger charge is -2.26. The predicted octanol–water partition coefficient (Wildman–Crippen LogP) is 1.92. The first-order valence-electron chi connectivity index (χ1n) is 5.43. The molecule has 0 atom stereocenters. The Hall–Kier alpha value is -1.06. The molecule has 0 rings (SSSR count). The Morgan fingerprint density at radius 1 is 0.867 bits per heavy atom. The zero-order valence-corrected chi connectivity index (χ0v) is 9.96. The molecule has 0 amide bonds. The lowest BCUT2D eigenvalue weighted by molar-refractivity contribution is -0.172. The van der Waals surface area contributed by atoms with E-state index in [1.807, 2.05) is 0 Å². The Balaban J connectivity index is 4.86. The van der Waals surface area contributed by atoms with Gasteiger partial charge in [0.1, 0.15) is 0 Å². The minimum atomic E-state index is -1.12. The average Bonchev–Trinajstić information content (AvgIpc) is 2.21. The number of esters is 2. The van der Waals surface area contributed by atoms with Gasteiger partial charge in [-0.1, -0.05) is 13.8 Å². The van der Waals surface area contributed by atoms with Gasteiger partial charge in [-0.3, -0.25) is 9.59 Å². The predicted molar refractivity (Wildman–Crippen MR) is 56.3 cm³/mol. The van der Waals surface area contributed by atoms with Gasteiger partial charge < -0.3 is 9.47 Å². The number of hydrogen-bond donors (Lipinski definition) is 0. The quantitative estimate of drug-likeness (QED) is 0.503. The molecule has 0 radical (unpaired) electrons. The second kappa shape index (κ2) is 6.43. The van der Waals surface area contributed by atoms with Gasteiger partial charge in [0.05, 0.1) is 13.2 Å². The van der Waals surface area contributed by atoms with Gasteiger partial charge in [-0.25, -0.2) is 0 Å². The molecule has 0 unspecified atom stereocenters. The van der Waals surface area contributed by atoms with Gasteiger partial charge in [-0.05, 0) is 26.7 Å². The summed E-state index contributed by atoms with van der Waals surface area (Å²) in [4.78, 5) is 23.4. The van der Waals surface area contributed by atoms with Crippen LogP contribution in [0.5, 0.6) is 0 Å². The van der Waals surface area contributed by atoms with Crippen molar-refractivity contribution in [2.45, 2.75) is 40.5 Å². The van der Waals surface area contributed by atoms with Gasteiger partial charge >= 0.3 is 11.9 Å². The largest absolute Gasteiger partial charge is 0.465 e. The normalized spacial score (nSPS) is 10.9. The van der Waals surface area contributed by atoms with Gasteiger partial charge in [0.25, 0.3) is 0 Å². The van der Waals surface area contributed by atoms with Gasteiger partial charge in [0.15, 0.2) is 5.41 Å². The van der Waals surface area contributed by atoms with Gasteiger partial charge in [0, 0.05) is 0 Å². The fraction of sp³-hybridized carbons (Fsp3) is 0.818. The van der Waals surface area contributed by atoms with Crippen molar-refractivity contribution in [2.75, 3.05) is 13.2 Å². The van der Waals surface area contributed by atoms with Crippen LogP contribution < -0.4 is 0 Å². The molecule has 0 bridgehead atoms. The molecule has 0 aromatic rings. The summed E-state index contributed by atoms with van der Waals surface area (Å²) in [6.45, 7) is 7.58. The monoisotopic (exact) mass is 216 g/mol. The Morgan fingerprint density at radius 3 is 1.40 bits per heavy atom. The van der Waals surface area contributed by atoms with Crippen molar-refractivity contribution < 1.29 is 19.1 Å². The standard InChI is InChI=1S/C11H20O4/c1-5-11(6-2,9(12)14-7-3)10(13)15-8-4/h5-8H2,1-4H3. The molecule has 0 aliphatic rings. The number of carbonyl (C=O) groups excluding carboxylic acids is 2. The Bertz CT molecular complexity index is 199. The maximum Gasteiger partial charge on any atom is 0.323 e. The van der Waals surface area contributed by atoms with E-state index in [-0.39, 0.29) is 13.2 Å². The van der Waals surface area contributed by atoms with E-state index in [0.29, 0.717) is 12.8 Å². The summed E-state index contributed by atoms with van der Waals surface area (Å²) in [5.74, 6) is -0.957. The van der Waals surface area contributed by atoms with Crippen LogP contribution in [0.25, 0.3) is 0 Å². The number of hydrogen-bond acceptors (Lipinski definition) is 4. The Labute approximate surface area is 90.9 Å². The van der Waals surface area contributed by atoms with Crippen LogP contribution in [0.4, 0.5) is 0 Å². The fourth-order valence-electron chi connectivity index (χ4n) is 1.45. The van der Waals surface area contributed by atoms with E-state index < -0.39 is 17.4 Å². The highest BCUT2D eigenvalue weighted by Gasteiger charge is 2.45. The number of rotatable bonds is 6. The summed E-state index contributed by atoms with van der Waals surface area (Å²) in [5.41, 5.74) is -1.12. The van der Waals surface area contributed by atoms with Crippen molar-refractivity contribution in [3.8, 4) is 0 Å². The highest BCUT2D eigenvalue weighted by atomic mass is 16.6. The van der Waals surface area contributed by atoms with Crippen LogP contribution in [0.3, 0.4) is 0 Å². The van der Waals surface area contributed by atoms with E-state index in [4.69, 9.17) is 9.47 Å². The van der Waals surface area contributed by atoms with Gasteiger partial charge in [-0.15, -0.1) is 0 Å². The van der Waals surface area contributed by atoms with E-state index in [9.17, 15) is 9.59 Å². The van der Waals surface area contributed by atoms with Crippen LogP contribution in [0.1, 0.15) is 40.5 Å². The minimum Gasteiger partial charge on any atom is -0.465 e. The van der Waals surface area contributed by atoms with Crippen molar-refractivity contribution in [3.63, 3.8) is 0 Å². The minimum absolute atomic E-state index is 0.278. The molecule has 88 valence electrons. The highest BCUT2D eigenvalue weighted by molar-refractivity contribution is 5.99. The van der Waals surface area contributed by atoms with Gasteiger partial charge in [0.2, 0.25) is 0 Å². The number of ether oxygens (including phenoxy) is 2. The molecule has 0 saturated carbocycles. The Kier molecular flexibility index (Phi) is 5.97. The van der Waals surface area contributed by atoms with E-state index in [1.54, 1.807) is 27.7 Å². The first kappa shape index (κ1) is 13.9. The van der Waals surface area contributed by atoms with Crippen LogP contribution in [0.2, 0.25) is 0 Å². The molecular formula is C11H20O4. The van der Waals surface area contributed by atoms with Crippen LogP contribution >= 0.6 is 0 Å². The van der Waals surface area contributed by atoms with Crippen LogP contribution in [-0.4, -0.2) is 25.2 Å². The molecule has 0 aliphatic carbocycles. The lowest BCUT2D eigenvalue weighted by Crippen LogP contribution is -2.41. The molecule has 4 nitrogen and oxygen atoms in total. The van der Waals surface area contributed by atoms with E-state index in [2.05, 4.69) is 0 Å². The lowest BCUT2D eigenvalue weighted by atomic mass is 9.82. The van der Waals surface area contributed by atoms with Crippen molar-refractivity contribution in [3.05, 3.63) is 0 Å². The van der Waals surface area contributed by atoms with Crippen LogP contribution in [0, 0.1) is 5.41 Å². The summed E-state index contributed by atoms with van der Waals surface area (Å²) >= 11 is 0. The molecule has 0 aromatic heterocycles. The van der Waals surface area contributed by atoms with Crippen LogP contribution in [-0.2, 0) is 19.1 Å². The van der Waals surface area contributed by atoms with Crippen molar-refractivity contribution in [1.82, 2.24) is 0 Å². The molecule has 0 aliphatic heterocycles. The summed E-state index contributed by atoms with van der Waals surface area (Å²) in [7, 11) is 0. The Morgan fingerprint density at radius 2 is 1.20 bits per heavy atom. The smallest absolute Gasteiger partial charge is 0.323 e. The van der Waals surface area contributed by atoms with E-state index in [1.165, 1.54) is 0 Å². The molecule has 4 heteroatoms. The van der Waals surface area contributed by atoms with E-state index in [0.717, 1.165) is 0 Å². The molecular weight excluding hydrogens is 196 g/mol. The zero-order valence-electron chi connectivity index (χ0n) is 9.96. The maximum absolute atomic E-state index is 11.7. The first-order valence-corrected chi connectivity index (χ1v) is 5.43. The molecule has 0 fully saturated rings. The molecule has 0 heterocycles. The van der Waals surface area contributed by atoms with Crippen molar-refractivity contribution in [1.29, 1.82) is 0 Å². The summed E-state index contributed by atoms with van der Waals surface area (Å²) in [5, 5.41) is 0. The molecule has 15 heavy (non-hydrogen) atoms. The second-order valence-corrected chi connectivity index (χ2v) is 3.23. The third-order valence-electron chi connectivity index (χ3n) is 2.54. The molecule has 0 spiro atoms. The van der Waals surface area contributed by atoms with Crippen LogP contribution in [0.15, 0.2) is 0 Å².